The number of unbranched alkanes of at least 4 members (excludes halogenated alkanes) is 6. The fraction of sp³-hybridized carbons (Fsp3) is 0.419. The molecule has 45 heavy (non-hydrogen) atoms. The first kappa shape index (κ1) is 36.8. The molecule has 0 saturated carbocycles. The standard InChI is InChI=1S/C31H33F9O3S2/c1-2-3-4-5-6-7-10-15-24-20-22-27(23-21-24)44(25-16-11-8-12-17-25,26-18-13-9-14-19-26)43-45(41,42)31(39,40)29(34,35)28(32,33)30(36,37)38/h8-9,11-14,16-23H,2-7,10,15H2,1H3. The summed E-state index contributed by atoms with van der Waals surface area (Å²) in [6, 6.07) is 19.3. The Hall–Kier alpha value is -2.71. The van der Waals surface area contributed by atoms with Crippen LogP contribution in [0.1, 0.15) is 57.4 Å². The summed E-state index contributed by atoms with van der Waals surface area (Å²) >= 11 is 0. The maximum absolute atomic E-state index is 15.0. The Morgan fingerprint density at radius 1 is 0.556 bits per heavy atom. The molecule has 0 fully saturated rings. The van der Waals surface area contributed by atoms with E-state index in [-0.39, 0.29) is 14.7 Å². The molecule has 0 aliphatic rings. The van der Waals surface area contributed by atoms with Gasteiger partial charge in [0.05, 0.1) is 0 Å². The Morgan fingerprint density at radius 2 is 0.978 bits per heavy atom. The smallest absolute Gasteiger partial charge is 0.202 e. The van der Waals surface area contributed by atoms with Gasteiger partial charge in [0.2, 0.25) is 0 Å². The summed E-state index contributed by atoms with van der Waals surface area (Å²) in [4.78, 5) is -0.351. The first-order valence-electron chi connectivity index (χ1n) is 14.1. The van der Waals surface area contributed by atoms with Crippen LogP contribution in [0.3, 0.4) is 0 Å². The summed E-state index contributed by atoms with van der Waals surface area (Å²) in [5, 5.41) is -7.02. The molecule has 250 valence electrons. The number of hydrogen-bond donors (Lipinski definition) is 0. The van der Waals surface area contributed by atoms with E-state index in [0.29, 0.717) is 6.42 Å². The van der Waals surface area contributed by atoms with Gasteiger partial charge in [-0.2, -0.15) is 47.9 Å². The van der Waals surface area contributed by atoms with Crippen LogP contribution in [0.4, 0.5) is 39.5 Å². The van der Waals surface area contributed by atoms with Crippen molar-refractivity contribution < 1.29 is 51.6 Å². The summed E-state index contributed by atoms with van der Waals surface area (Å²) in [5.41, 5.74) is 0.784. The molecule has 0 aliphatic heterocycles. The second-order valence-corrected chi connectivity index (χ2v) is 14.9. The van der Waals surface area contributed by atoms with Gasteiger partial charge < -0.3 is 0 Å². The summed E-state index contributed by atoms with van der Waals surface area (Å²) in [7, 11) is -11.2. The van der Waals surface area contributed by atoms with Crippen LogP contribution in [-0.2, 0) is 20.2 Å². The van der Waals surface area contributed by atoms with Crippen molar-refractivity contribution in [2.45, 2.75) is 96.3 Å². The molecule has 0 saturated heterocycles. The number of halogens is 9. The molecule has 3 rings (SSSR count). The highest BCUT2D eigenvalue weighted by Crippen LogP contribution is 2.71. The van der Waals surface area contributed by atoms with E-state index in [1.807, 2.05) is 0 Å². The topological polar surface area (TPSA) is 43.4 Å². The average molecular weight is 689 g/mol. The molecule has 0 bridgehead atoms. The van der Waals surface area contributed by atoms with E-state index < -0.39 is 43.7 Å². The van der Waals surface area contributed by atoms with Gasteiger partial charge in [-0.1, -0.05) is 94.0 Å². The number of aryl methyl sites for hydroxylation is 1. The van der Waals surface area contributed by atoms with Gasteiger partial charge in [-0.3, -0.25) is 0 Å². The van der Waals surface area contributed by atoms with Crippen LogP contribution in [-0.4, -0.2) is 31.7 Å². The molecule has 14 heteroatoms. The second kappa shape index (κ2) is 14.4. The second-order valence-electron chi connectivity index (χ2n) is 10.4. The van der Waals surface area contributed by atoms with Gasteiger partial charge in [-0.05, 0) is 65.1 Å². The lowest BCUT2D eigenvalue weighted by molar-refractivity contribution is -0.382. The van der Waals surface area contributed by atoms with E-state index in [2.05, 4.69) is 6.92 Å². The fourth-order valence-corrected chi connectivity index (χ4v) is 9.80. The Balaban J connectivity index is 2.11. The van der Waals surface area contributed by atoms with Gasteiger partial charge in [-0.15, -0.1) is 0 Å². The predicted octanol–water partition coefficient (Wildman–Crippen LogP) is 10.9. The van der Waals surface area contributed by atoms with Gasteiger partial charge in [0.25, 0.3) is 0 Å². The third kappa shape index (κ3) is 7.48. The fourth-order valence-electron chi connectivity index (χ4n) is 4.58. The molecular weight excluding hydrogens is 655 g/mol. The zero-order valence-corrected chi connectivity index (χ0v) is 25.8. The van der Waals surface area contributed by atoms with Gasteiger partial charge in [0.15, 0.2) is 0 Å². The Bertz CT molecular complexity index is 1420. The normalized spacial score (nSPS) is 14.0. The van der Waals surface area contributed by atoms with Crippen LogP contribution < -0.4 is 0 Å². The highest BCUT2D eigenvalue weighted by molar-refractivity contribution is 8.33. The molecule has 0 aromatic heterocycles. The van der Waals surface area contributed by atoms with E-state index in [0.717, 1.165) is 50.5 Å². The minimum absolute atomic E-state index is 0.103. The van der Waals surface area contributed by atoms with Crippen molar-refractivity contribution in [3.63, 3.8) is 0 Å². The third-order valence-corrected chi connectivity index (χ3v) is 12.3. The lowest BCUT2D eigenvalue weighted by Gasteiger charge is -2.41. The van der Waals surface area contributed by atoms with Gasteiger partial charge in [0, 0.05) is 14.7 Å². The Labute approximate surface area is 258 Å². The van der Waals surface area contributed by atoms with Crippen molar-refractivity contribution in [2.24, 2.45) is 0 Å². The first-order chi connectivity index (χ1) is 21.0. The Kier molecular flexibility index (Phi) is 11.7. The predicted molar refractivity (Wildman–Crippen MR) is 154 cm³/mol. The zero-order valence-electron chi connectivity index (χ0n) is 24.2. The third-order valence-electron chi connectivity index (χ3n) is 7.10. The molecule has 0 radical (unpaired) electrons. The SMILES string of the molecule is CCCCCCCCCc1ccc(S(OS(=O)(=O)C(F)(F)C(F)(F)C(F)(F)C(F)(F)F)(c2ccccc2)c2ccccc2)cc1. The molecule has 0 N–H and O–H groups in total. The van der Waals surface area contributed by atoms with Crippen LogP contribution in [0.25, 0.3) is 0 Å². The largest absolute Gasteiger partial charge is 0.460 e. The molecule has 3 aromatic carbocycles. The van der Waals surface area contributed by atoms with E-state index >= 15 is 0 Å². The van der Waals surface area contributed by atoms with Crippen LogP contribution in [0, 0.1) is 0 Å². The number of rotatable bonds is 16. The molecule has 0 atom stereocenters. The molecular formula is C31H33F9O3S2. The van der Waals surface area contributed by atoms with E-state index in [1.165, 1.54) is 72.8 Å². The first-order valence-corrected chi connectivity index (χ1v) is 17.1. The summed E-state index contributed by atoms with van der Waals surface area (Å²) in [6.45, 7) is 2.11. The van der Waals surface area contributed by atoms with Gasteiger partial charge in [-0.25, -0.2) is 3.63 Å². The lowest BCUT2D eigenvalue weighted by Crippen LogP contribution is -2.63. The monoisotopic (exact) mass is 688 g/mol. The van der Waals surface area contributed by atoms with Gasteiger partial charge >= 0.3 is 33.4 Å². The Morgan fingerprint density at radius 3 is 1.42 bits per heavy atom. The van der Waals surface area contributed by atoms with E-state index in [9.17, 15) is 47.9 Å². The number of benzene rings is 3. The van der Waals surface area contributed by atoms with Crippen LogP contribution in [0.5, 0.6) is 0 Å². The van der Waals surface area contributed by atoms with Crippen molar-refractivity contribution in [1.82, 2.24) is 0 Å². The average Bonchev–Trinajstić information content (AvgIpc) is 3.00. The molecule has 3 nitrogen and oxygen atoms in total. The summed E-state index contributed by atoms with van der Waals surface area (Å²) in [5.74, 6) is -14.9. The highest BCUT2D eigenvalue weighted by atomic mass is 32.3. The highest BCUT2D eigenvalue weighted by Gasteiger charge is 2.86. The minimum Gasteiger partial charge on any atom is -0.202 e. The van der Waals surface area contributed by atoms with Crippen molar-refractivity contribution in [3.05, 3.63) is 90.5 Å². The van der Waals surface area contributed by atoms with Crippen molar-refractivity contribution in [1.29, 1.82) is 0 Å². The van der Waals surface area contributed by atoms with Gasteiger partial charge in [0.1, 0.15) is 0 Å². The summed E-state index contributed by atoms with van der Waals surface area (Å²) < 4.78 is 156. The van der Waals surface area contributed by atoms with Crippen molar-refractivity contribution >= 4 is 20.4 Å². The van der Waals surface area contributed by atoms with Crippen molar-refractivity contribution in [2.75, 3.05) is 0 Å². The van der Waals surface area contributed by atoms with E-state index in [1.54, 1.807) is 12.1 Å². The number of alkyl halides is 9. The maximum atomic E-state index is 15.0. The van der Waals surface area contributed by atoms with E-state index in [4.69, 9.17) is 3.63 Å². The van der Waals surface area contributed by atoms with Crippen LogP contribution in [0.2, 0.25) is 0 Å². The van der Waals surface area contributed by atoms with Crippen LogP contribution >= 0.6 is 10.3 Å². The summed E-state index contributed by atoms with van der Waals surface area (Å²) in [6.07, 6.45) is 0.710. The lowest BCUT2D eigenvalue weighted by atomic mass is 10.0. The van der Waals surface area contributed by atoms with Crippen LogP contribution in [0.15, 0.2) is 99.6 Å². The molecule has 0 spiro atoms. The molecule has 0 heterocycles. The minimum atomic E-state index is -7.43. The maximum Gasteiger partial charge on any atom is 0.460 e. The number of hydrogen-bond acceptors (Lipinski definition) is 3. The quantitative estimate of drug-likeness (QED) is 0.111. The zero-order chi connectivity index (χ0) is 33.6. The molecule has 0 amide bonds. The molecule has 3 aromatic rings. The molecule has 0 aliphatic carbocycles. The molecule has 0 unspecified atom stereocenters. The van der Waals surface area contributed by atoms with Crippen molar-refractivity contribution in [3.8, 4) is 0 Å².